The number of anilines is 1. The Morgan fingerprint density at radius 2 is 1.75 bits per heavy atom. The molecule has 1 aromatic heterocycles. The molecule has 0 aliphatic carbocycles. The molecule has 0 spiro atoms. The fourth-order valence-electron chi connectivity index (χ4n) is 4.25. The Morgan fingerprint density at radius 3 is 2.57 bits per heavy atom. The van der Waals surface area contributed by atoms with E-state index in [1.54, 1.807) is 0 Å². The van der Waals surface area contributed by atoms with Gasteiger partial charge in [-0.15, -0.1) is 0 Å². The largest absolute Gasteiger partial charge is 0.305 e. The third-order valence-corrected chi connectivity index (χ3v) is 5.51. The van der Waals surface area contributed by atoms with Crippen molar-refractivity contribution < 1.29 is 4.79 Å². The Bertz CT molecular complexity index is 1190. The number of fused-ring (bicyclic) bond motifs is 2. The van der Waals surface area contributed by atoms with Crippen molar-refractivity contribution >= 4 is 22.6 Å². The van der Waals surface area contributed by atoms with Crippen LogP contribution >= 0.6 is 0 Å². The lowest BCUT2D eigenvalue weighted by Gasteiger charge is -2.22. The highest BCUT2D eigenvalue weighted by molar-refractivity contribution is 6.09. The molecule has 1 unspecified atom stereocenters. The van der Waals surface area contributed by atoms with Gasteiger partial charge in [-0.2, -0.15) is 0 Å². The molecule has 0 bridgehead atoms. The summed E-state index contributed by atoms with van der Waals surface area (Å²) < 4.78 is 2.12. The van der Waals surface area contributed by atoms with Crippen LogP contribution in [0.5, 0.6) is 0 Å². The van der Waals surface area contributed by atoms with Crippen LogP contribution in [-0.4, -0.2) is 21.5 Å². The van der Waals surface area contributed by atoms with Gasteiger partial charge in [0.1, 0.15) is 5.82 Å². The van der Waals surface area contributed by atoms with Gasteiger partial charge in [-0.05, 0) is 62.2 Å². The summed E-state index contributed by atoms with van der Waals surface area (Å²) in [6.07, 6.45) is 0.895. The molecule has 2 heterocycles. The first-order valence-corrected chi connectivity index (χ1v) is 9.59. The van der Waals surface area contributed by atoms with E-state index >= 15 is 0 Å². The van der Waals surface area contributed by atoms with Crippen LogP contribution in [0.3, 0.4) is 0 Å². The molecule has 1 aliphatic heterocycles. The van der Waals surface area contributed by atoms with E-state index in [9.17, 15) is 4.79 Å². The minimum Gasteiger partial charge on any atom is -0.305 e. The number of hydrogen-bond acceptors (Lipinski definition) is 2. The van der Waals surface area contributed by atoms with Crippen molar-refractivity contribution in [3.8, 4) is 5.69 Å². The number of carbonyl (C=O) groups excluding carboxylic acids is 1. The molecule has 3 aromatic carbocycles. The van der Waals surface area contributed by atoms with E-state index in [0.29, 0.717) is 5.56 Å². The van der Waals surface area contributed by atoms with Crippen LogP contribution in [0.15, 0.2) is 72.8 Å². The van der Waals surface area contributed by atoms with E-state index in [1.165, 1.54) is 5.56 Å². The van der Waals surface area contributed by atoms with Gasteiger partial charge in [0, 0.05) is 23.0 Å². The summed E-state index contributed by atoms with van der Waals surface area (Å²) in [7, 11) is 0. The van der Waals surface area contributed by atoms with Gasteiger partial charge in [-0.1, -0.05) is 36.4 Å². The predicted molar refractivity (Wildman–Crippen MR) is 112 cm³/mol. The fourth-order valence-corrected chi connectivity index (χ4v) is 4.25. The first-order valence-electron chi connectivity index (χ1n) is 9.59. The monoisotopic (exact) mass is 367 g/mol. The minimum absolute atomic E-state index is 0.0336. The van der Waals surface area contributed by atoms with Gasteiger partial charge >= 0.3 is 0 Å². The molecule has 4 aromatic rings. The van der Waals surface area contributed by atoms with Crippen molar-refractivity contribution in [3.63, 3.8) is 0 Å². The van der Waals surface area contributed by atoms with E-state index in [2.05, 4.69) is 29.7 Å². The minimum atomic E-state index is 0.0336. The number of amides is 1. The van der Waals surface area contributed by atoms with Gasteiger partial charge in [0.05, 0.1) is 11.0 Å². The molecule has 0 fully saturated rings. The highest BCUT2D eigenvalue weighted by Crippen LogP contribution is 2.33. The maximum absolute atomic E-state index is 13.3. The Kier molecular flexibility index (Phi) is 3.79. The Labute approximate surface area is 164 Å². The Morgan fingerprint density at radius 1 is 1.00 bits per heavy atom. The second-order valence-corrected chi connectivity index (χ2v) is 7.39. The van der Waals surface area contributed by atoms with Gasteiger partial charge in [0.25, 0.3) is 5.91 Å². The SMILES string of the molecule is Cc1nc2cc(C(=O)N3c4ccccc4CC3C)ccc2n1-c1ccccc1. The van der Waals surface area contributed by atoms with Crippen LogP contribution in [0.2, 0.25) is 0 Å². The second-order valence-electron chi connectivity index (χ2n) is 7.39. The van der Waals surface area contributed by atoms with E-state index in [-0.39, 0.29) is 11.9 Å². The normalized spacial score (nSPS) is 15.8. The van der Waals surface area contributed by atoms with Crippen molar-refractivity contribution in [1.82, 2.24) is 9.55 Å². The summed E-state index contributed by atoms with van der Waals surface area (Å²) >= 11 is 0. The van der Waals surface area contributed by atoms with Crippen LogP contribution in [0.1, 0.15) is 28.7 Å². The van der Waals surface area contributed by atoms with E-state index in [0.717, 1.165) is 34.7 Å². The van der Waals surface area contributed by atoms with Crippen molar-refractivity contribution in [1.29, 1.82) is 0 Å². The third-order valence-electron chi connectivity index (χ3n) is 5.51. The van der Waals surface area contributed by atoms with Crippen molar-refractivity contribution in [2.75, 3.05) is 4.90 Å². The maximum Gasteiger partial charge on any atom is 0.258 e. The Hall–Kier alpha value is -3.40. The lowest BCUT2D eigenvalue weighted by molar-refractivity contribution is 0.0981. The molecule has 4 nitrogen and oxygen atoms in total. The lowest BCUT2D eigenvalue weighted by Crippen LogP contribution is -2.35. The zero-order valence-corrected chi connectivity index (χ0v) is 16.0. The molecule has 0 N–H and O–H groups in total. The Balaban J connectivity index is 1.57. The summed E-state index contributed by atoms with van der Waals surface area (Å²) in [5, 5.41) is 0. The van der Waals surface area contributed by atoms with Gasteiger partial charge in [-0.3, -0.25) is 9.36 Å². The van der Waals surface area contributed by atoms with Gasteiger partial charge < -0.3 is 4.90 Å². The third kappa shape index (κ3) is 2.53. The molecule has 138 valence electrons. The average Bonchev–Trinajstić information content (AvgIpc) is 3.22. The quantitative estimate of drug-likeness (QED) is 0.504. The number of para-hydroxylation sites is 2. The van der Waals surface area contributed by atoms with Crippen LogP contribution in [0.4, 0.5) is 5.69 Å². The number of benzene rings is 3. The van der Waals surface area contributed by atoms with Gasteiger partial charge in [0.15, 0.2) is 0 Å². The molecule has 1 aliphatic rings. The lowest BCUT2D eigenvalue weighted by atomic mass is 10.1. The topological polar surface area (TPSA) is 38.1 Å². The van der Waals surface area contributed by atoms with E-state index < -0.39 is 0 Å². The molecule has 1 amide bonds. The van der Waals surface area contributed by atoms with Crippen molar-refractivity contribution in [3.05, 3.63) is 89.7 Å². The fraction of sp³-hybridized carbons (Fsp3) is 0.167. The summed E-state index contributed by atoms with van der Waals surface area (Å²) in [5.41, 5.74) is 5.85. The average molecular weight is 367 g/mol. The van der Waals surface area contributed by atoms with E-state index in [4.69, 9.17) is 4.98 Å². The number of nitrogens with zero attached hydrogens (tertiary/aromatic N) is 3. The molecule has 1 atom stereocenters. The van der Waals surface area contributed by atoms with Gasteiger partial charge in [0.2, 0.25) is 0 Å². The van der Waals surface area contributed by atoms with Crippen LogP contribution < -0.4 is 4.90 Å². The standard InChI is InChI=1S/C24H21N3O/c1-16-14-18-8-6-7-11-22(18)26(16)24(28)19-12-13-23-21(15-19)25-17(2)27(23)20-9-4-3-5-10-20/h3-13,15-16H,14H2,1-2H3. The van der Waals surface area contributed by atoms with Crippen molar-refractivity contribution in [2.24, 2.45) is 0 Å². The molecular weight excluding hydrogens is 346 g/mol. The predicted octanol–water partition coefficient (Wildman–Crippen LogP) is 4.93. The maximum atomic E-state index is 13.3. The van der Waals surface area contributed by atoms with Crippen LogP contribution in [-0.2, 0) is 6.42 Å². The molecule has 4 heteroatoms. The van der Waals surface area contributed by atoms with Crippen LogP contribution in [0.25, 0.3) is 16.7 Å². The first kappa shape index (κ1) is 16.8. The summed E-state index contributed by atoms with van der Waals surface area (Å²) in [6, 6.07) is 24.3. The number of rotatable bonds is 2. The van der Waals surface area contributed by atoms with E-state index in [1.807, 2.05) is 66.4 Å². The number of aromatic nitrogens is 2. The number of imidazole rings is 1. The first-order chi connectivity index (χ1) is 13.6. The molecule has 0 saturated heterocycles. The molecular formula is C24H21N3O. The highest BCUT2D eigenvalue weighted by atomic mass is 16.2. The van der Waals surface area contributed by atoms with Gasteiger partial charge in [-0.25, -0.2) is 4.98 Å². The summed E-state index contributed by atoms with van der Waals surface area (Å²) in [4.78, 5) is 19.9. The number of aryl methyl sites for hydroxylation is 1. The molecule has 5 rings (SSSR count). The molecule has 0 saturated carbocycles. The zero-order chi connectivity index (χ0) is 19.3. The molecule has 0 radical (unpaired) electrons. The highest BCUT2D eigenvalue weighted by Gasteiger charge is 2.31. The molecule has 28 heavy (non-hydrogen) atoms. The number of hydrogen-bond donors (Lipinski definition) is 0. The van der Waals surface area contributed by atoms with Crippen LogP contribution in [0, 0.1) is 6.92 Å². The summed E-state index contributed by atoms with van der Waals surface area (Å²) in [5.74, 6) is 0.942. The number of carbonyl (C=O) groups is 1. The van der Waals surface area contributed by atoms with Crippen molar-refractivity contribution in [2.45, 2.75) is 26.3 Å². The summed E-state index contributed by atoms with van der Waals surface area (Å²) in [6.45, 7) is 4.10. The zero-order valence-electron chi connectivity index (χ0n) is 16.0. The second kappa shape index (κ2) is 6.34. The smallest absolute Gasteiger partial charge is 0.258 e.